The Hall–Kier alpha value is -1.51. The maximum Gasteiger partial charge on any atom is 0.472 e. The van der Waals surface area contributed by atoms with Gasteiger partial charge in [0.05, 0.1) is 27.7 Å². The Morgan fingerprint density at radius 2 is 1.08 bits per heavy atom. The Kier molecular flexibility index (Phi) is 32.3. The number of carbonyl (C=O) groups is 2. The minimum absolute atomic E-state index is 0.0274. The zero-order valence-corrected chi connectivity index (χ0v) is 33.8. The highest BCUT2D eigenvalue weighted by atomic mass is 31.2. The normalized spacial score (nSPS) is 14.0. The summed E-state index contributed by atoms with van der Waals surface area (Å²) in [4.78, 5) is 35.2. The van der Waals surface area contributed by atoms with Crippen LogP contribution in [0.4, 0.5) is 0 Å². The van der Waals surface area contributed by atoms with Crippen molar-refractivity contribution in [2.24, 2.45) is 0 Å². The van der Waals surface area contributed by atoms with Gasteiger partial charge in [0.25, 0.3) is 0 Å². The first kappa shape index (κ1) is 48.5. The lowest BCUT2D eigenvalue weighted by Crippen LogP contribution is -2.37. The number of nitrogens with zero attached hydrogens (tertiary/aromatic N) is 1. The Labute approximate surface area is 307 Å². The summed E-state index contributed by atoms with van der Waals surface area (Å²) < 4.78 is 34.1. The fourth-order valence-electron chi connectivity index (χ4n) is 5.28. The molecule has 0 aromatic carbocycles. The second-order valence-corrected chi connectivity index (χ2v) is 16.1. The molecule has 0 radical (unpaired) electrons. The van der Waals surface area contributed by atoms with Crippen molar-refractivity contribution in [1.29, 1.82) is 0 Å². The summed E-state index contributed by atoms with van der Waals surface area (Å²) >= 11 is 0. The number of hydrogen-bond donors (Lipinski definition) is 1. The van der Waals surface area contributed by atoms with Gasteiger partial charge in [0.2, 0.25) is 0 Å². The molecule has 0 aromatic rings. The first-order chi connectivity index (χ1) is 24.0. The average molecular weight is 731 g/mol. The van der Waals surface area contributed by atoms with Gasteiger partial charge in [0, 0.05) is 12.8 Å². The number of quaternary nitrogens is 1. The summed E-state index contributed by atoms with van der Waals surface area (Å²) in [6, 6.07) is 0. The van der Waals surface area contributed by atoms with Crippen LogP contribution in [-0.2, 0) is 32.7 Å². The van der Waals surface area contributed by atoms with E-state index >= 15 is 0 Å². The third kappa shape index (κ3) is 36.3. The van der Waals surface area contributed by atoms with Gasteiger partial charge in [-0.2, -0.15) is 0 Å². The minimum atomic E-state index is -4.37. The van der Waals surface area contributed by atoms with E-state index in [0.29, 0.717) is 17.4 Å². The van der Waals surface area contributed by atoms with E-state index in [1.807, 2.05) is 21.1 Å². The second kappa shape index (κ2) is 33.3. The highest BCUT2D eigenvalue weighted by Gasteiger charge is 2.27. The largest absolute Gasteiger partial charge is 0.472 e. The van der Waals surface area contributed by atoms with Crippen molar-refractivity contribution in [2.45, 2.75) is 174 Å². The van der Waals surface area contributed by atoms with Gasteiger partial charge in [-0.15, -0.1) is 0 Å². The molecule has 0 fully saturated rings. The van der Waals surface area contributed by atoms with Crippen LogP contribution >= 0.6 is 7.82 Å². The fraction of sp³-hybridized carbons (Fsp3) is 0.850. The summed E-state index contributed by atoms with van der Waals surface area (Å²) in [6.07, 6.45) is 33.7. The van der Waals surface area contributed by atoms with Crippen molar-refractivity contribution >= 4 is 19.8 Å². The Morgan fingerprint density at radius 1 is 0.620 bits per heavy atom. The summed E-state index contributed by atoms with van der Waals surface area (Å²) in [5, 5.41) is 0. The van der Waals surface area contributed by atoms with E-state index in [-0.39, 0.29) is 32.0 Å². The molecule has 0 spiro atoms. The maximum atomic E-state index is 12.6. The van der Waals surface area contributed by atoms with Gasteiger partial charge in [-0.1, -0.05) is 134 Å². The Morgan fingerprint density at radius 3 is 1.62 bits per heavy atom. The molecule has 0 amide bonds. The van der Waals surface area contributed by atoms with Crippen LogP contribution in [0.1, 0.15) is 168 Å². The monoisotopic (exact) mass is 731 g/mol. The highest BCUT2D eigenvalue weighted by molar-refractivity contribution is 7.47. The van der Waals surface area contributed by atoms with Crippen molar-refractivity contribution in [3.05, 3.63) is 24.3 Å². The van der Waals surface area contributed by atoms with Crippen molar-refractivity contribution in [3.8, 4) is 0 Å². The molecule has 0 aliphatic carbocycles. The number of esters is 2. The number of unbranched alkanes of at least 4 members (excludes halogenated alkanes) is 18. The minimum Gasteiger partial charge on any atom is -0.462 e. The van der Waals surface area contributed by atoms with Gasteiger partial charge in [0.1, 0.15) is 19.8 Å². The summed E-state index contributed by atoms with van der Waals surface area (Å²) in [5.74, 6) is -0.835. The number of ether oxygens (including phenoxy) is 2. The zero-order valence-electron chi connectivity index (χ0n) is 32.9. The van der Waals surface area contributed by atoms with Crippen LogP contribution in [-0.4, -0.2) is 74.9 Å². The number of hydrogen-bond acceptors (Lipinski definition) is 7. The van der Waals surface area contributed by atoms with Crippen molar-refractivity contribution in [2.75, 3.05) is 47.5 Å². The lowest BCUT2D eigenvalue weighted by atomic mass is 10.1. The van der Waals surface area contributed by atoms with E-state index in [0.717, 1.165) is 44.9 Å². The molecule has 0 aliphatic heterocycles. The number of rotatable bonds is 36. The van der Waals surface area contributed by atoms with Gasteiger partial charge in [-0.3, -0.25) is 18.6 Å². The van der Waals surface area contributed by atoms with Crippen molar-refractivity contribution in [3.63, 3.8) is 0 Å². The molecule has 0 rings (SSSR count). The van der Waals surface area contributed by atoms with Crippen molar-refractivity contribution < 1.29 is 42.1 Å². The van der Waals surface area contributed by atoms with E-state index in [1.165, 1.54) is 89.9 Å². The third-order valence-electron chi connectivity index (χ3n) is 8.48. The maximum absolute atomic E-state index is 12.6. The van der Waals surface area contributed by atoms with Crippen LogP contribution in [0.2, 0.25) is 0 Å². The summed E-state index contributed by atoms with van der Waals surface area (Å²) in [6.45, 7) is 4.36. The molecule has 50 heavy (non-hydrogen) atoms. The van der Waals surface area contributed by atoms with Crippen LogP contribution in [0.5, 0.6) is 0 Å². The zero-order chi connectivity index (χ0) is 37.2. The lowest BCUT2D eigenvalue weighted by molar-refractivity contribution is -0.870. The Bertz CT molecular complexity index is 918. The number of likely N-dealkylation sites (N-methyl/N-ethyl adjacent to an activating group) is 1. The lowest BCUT2D eigenvalue weighted by Gasteiger charge is -2.24. The molecule has 1 unspecified atom stereocenters. The average Bonchev–Trinajstić information content (AvgIpc) is 3.06. The molecule has 0 aliphatic rings. The van der Waals surface area contributed by atoms with Gasteiger partial charge < -0.3 is 18.9 Å². The molecule has 0 heterocycles. The van der Waals surface area contributed by atoms with Gasteiger partial charge in [0.15, 0.2) is 6.10 Å². The van der Waals surface area contributed by atoms with E-state index in [2.05, 4.69) is 38.2 Å². The fourth-order valence-corrected chi connectivity index (χ4v) is 6.02. The predicted molar refractivity (Wildman–Crippen MR) is 206 cm³/mol. The predicted octanol–water partition coefficient (Wildman–Crippen LogP) is 10.8. The number of allylic oxidation sites excluding steroid dienone is 4. The van der Waals surface area contributed by atoms with Crippen LogP contribution in [0, 0.1) is 0 Å². The van der Waals surface area contributed by atoms with Crippen LogP contribution in [0.3, 0.4) is 0 Å². The Balaban J connectivity index is 4.47. The molecule has 1 N–H and O–H groups in total. The quantitative estimate of drug-likeness (QED) is 0.0223. The molecule has 0 saturated carbocycles. The van der Waals surface area contributed by atoms with Crippen LogP contribution < -0.4 is 0 Å². The van der Waals surface area contributed by atoms with E-state index in [1.54, 1.807) is 0 Å². The molecule has 2 atom stereocenters. The SMILES string of the molecule is CCCCCCCC/C=C/C/C=C/CCCCC(=O)O[C@H](COC(=O)CCCCCCCCCCCCC)COP(=O)(O)OCC[N+](C)(C)C. The van der Waals surface area contributed by atoms with Gasteiger partial charge in [-0.25, -0.2) is 4.57 Å². The van der Waals surface area contributed by atoms with Crippen molar-refractivity contribution in [1.82, 2.24) is 0 Å². The molecular formula is C40H77NO8P+. The molecule has 294 valence electrons. The van der Waals surface area contributed by atoms with Gasteiger partial charge in [-0.05, 0) is 44.9 Å². The third-order valence-corrected chi connectivity index (χ3v) is 9.47. The van der Waals surface area contributed by atoms with E-state index in [9.17, 15) is 19.0 Å². The van der Waals surface area contributed by atoms with Crippen LogP contribution in [0.15, 0.2) is 24.3 Å². The number of carbonyl (C=O) groups excluding carboxylic acids is 2. The molecule has 10 heteroatoms. The van der Waals surface area contributed by atoms with Crippen LogP contribution in [0.25, 0.3) is 0 Å². The van der Waals surface area contributed by atoms with E-state index < -0.39 is 26.5 Å². The van der Waals surface area contributed by atoms with Gasteiger partial charge >= 0.3 is 19.8 Å². The highest BCUT2D eigenvalue weighted by Crippen LogP contribution is 2.43. The molecule has 9 nitrogen and oxygen atoms in total. The number of phosphoric ester groups is 1. The van der Waals surface area contributed by atoms with E-state index in [4.69, 9.17) is 18.5 Å². The summed E-state index contributed by atoms with van der Waals surface area (Å²) in [5.41, 5.74) is 0. The first-order valence-corrected chi connectivity index (χ1v) is 21.6. The number of phosphoric acid groups is 1. The first-order valence-electron chi connectivity index (χ1n) is 20.1. The molecule has 0 bridgehead atoms. The topological polar surface area (TPSA) is 108 Å². The second-order valence-electron chi connectivity index (χ2n) is 14.7. The standard InChI is InChI=1S/C40H76NO8P/c1-6-8-10-12-14-16-18-19-20-21-23-25-27-29-31-33-40(43)49-38(37-48-50(44,45)47-35-34-41(3,4)5)36-46-39(42)32-30-28-26-24-22-17-15-13-11-9-7-2/h19-20,23,25,38H,6-18,21-22,24,26-37H2,1-5H3/p+1/b20-19+,25-23+/t38-/m1/s1. The smallest absolute Gasteiger partial charge is 0.462 e. The molecular weight excluding hydrogens is 653 g/mol. The summed E-state index contributed by atoms with van der Waals surface area (Å²) in [7, 11) is 1.46. The molecule has 0 aromatic heterocycles. The molecule has 0 saturated heterocycles.